The molecule has 5 nitrogen and oxygen atoms in total. The van der Waals surface area contributed by atoms with Crippen LogP contribution in [0.5, 0.6) is 0 Å². The molecule has 1 aromatic heterocycles. The molecular formula is C9H16N4OS. The Balaban J connectivity index is 2.92. The molecule has 0 radical (unpaired) electrons. The van der Waals surface area contributed by atoms with Crippen LogP contribution < -0.4 is 11.4 Å². The lowest BCUT2D eigenvalue weighted by atomic mass is 10.1. The fourth-order valence-corrected chi connectivity index (χ4v) is 1.54. The molecule has 84 valence electrons. The van der Waals surface area contributed by atoms with Gasteiger partial charge in [-0.2, -0.15) is 4.68 Å². The summed E-state index contributed by atoms with van der Waals surface area (Å²) in [6.07, 6.45) is 3.36. The third-order valence-electron chi connectivity index (χ3n) is 2.07. The van der Waals surface area contributed by atoms with E-state index in [9.17, 15) is 4.79 Å². The molecule has 0 unspecified atom stereocenters. The molecule has 0 fully saturated rings. The number of aryl methyl sites for hydroxylation is 1. The van der Waals surface area contributed by atoms with E-state index in [0.29, 0.717) is 23.2 Å². The molecule has 0 atom stereocenters. The number of nitrogens with two attached hydrogens (primary N) is 1. The van der Waals surface area contributed by atoms with Gasteiger partial charge in [-0.05, 0) is 25.0 Å². The maximum Gasteiger partial charge on any atom is 0.294 e. The Morgan fingerprint density at radius 3 is 2.67 bits per heavy atom. The van der Waals surface area contributed by atoms with E-state index < -0.39 is 0 Å². The first-order chi connectivity index (χ1) is 7.06. The third kappa shape index (κ3) is 2.95. The van der Waals surface area contributed by atoms with Gasteiger partial charge in [-0.1, -0.05) is 25.6 Å². The minimum Gasteiger partial charge on any atom is -0.334 e. The van der Waals surface area contributed by atoms with E-state index in [0.717, 1.165) is 11.1 Å². The zero-order valence-corrected chi connectivity index (χ0v) is 10.0. The van der Waals surface area contributed by atoms with Crippen molar-refractivity contribution in [2.75, 3.05) is 12.1 Å². The van der Waals surface area contributed by atoms with Crippen LogP contribution in [0.3, 0.4) is 0 Å². The van der Waals surface area contributed by atoms with E-state index in [1.165, 1.54) is 11.8 Å². The van der Waals surface area contributed by atoms with Crippen LogP contribution in [0.15, 0.2) is 9.95 Å². The van der Waals surface area contributed by atoms with Crippen LogP contribution in [-0.2, 0) is 6.42 Å². The predicted octanol–water partition coefficient (Wildman–Crippen LogP) is 0.663. The van der Waals surface area contributed by atoms with E-state index in [1.54, 1.807) is 6.26 Å². The highest BCUT2D eigenvalue weighted by Gasteiger charge is 2.09. The van der Waals surface area contributed by atoms with Crippen molar-refractivity contribution in [1.82, 2.24) is 14.9 Å². The molecule has 1 rings (SSSR count). The molecular weight excluding hydrogens is 212 g/mol. The van der Waals surface area contributed by atoms with E-state index >= 15 is 0 Å². The van der Waals surface area contributed by atoms with Gasteiger partial charge in [0.25, 0.3) is 5.56 Å². The third-order valence-corrected chi connectivity index (χ3v) is 2.71. The maximum absolute atomic E-state index is 11.7. The van der Waals surface area contributed by atoms with Crippen molar-refractivity contribution < 1.29 is 0 Å². The highest BCUT2D eigenvalue weighted by molar-refractivity contribution is 7.98. The lowest BCUT2D eigenvalue weighted by Crippen LogP contribution is -2.33. The van der Waals surface area contributed by atoms with Gasteiger partial charge in [0.05, 0.1) is 0 Å². The van der Waals surface area contributed by atoms with Gasteiger partial charge in [0.2, 0.25) is 5.16 Å². The van der Waals surface area contributed by atoms with Crippen molar-refractivity contribution in [3.8, 4) is 0 Å². The van der Waals surface area contributed by atoms with Crippen molar-refractivity contribution in [2.24, 2.45) is 5.92 Å². The maximum atomic E-state index is 11.7. The molecule has 0 aliphatic heterocycles. The highest BCUT2D eigenvalue weighted by atomic mass is 32.2. The normalized spacial score (nSPS) is 10.9. The molecule has 0 amide bonds. The smallest absolute Gasteiger partial charge is 0.294 e. The molecule has 0 bridgehead atoms. The molecule has 0 saturated heterocycles. The quantitative estimate of drug-likeness (QED) is 0.605. The van der Waals surface area contributed by atoms with Crippen LogP contribution in [0.4, 0.5) is 0 Å². The predicted molar refractivity (Wildman–Crippen MR) is 61.4 cm³/mol. The van der Waals surface area contributed by atoms with Gasteiger partial charge in [0.15, 0.2) is 0 Å². The summed E-state index contributed by atoms with van der Waals surface area (Å²) in [5.74, 6) is 6.12. The van der Waals surface area contributed by atoms with Crippen LogP contribution in [0.1, 0.15) is 26.0 Å². The molecule has 1 aromatic rings. The molecule has 0 aliphatic rings. The molecule has 6 heteroatoms. The van der Waals surface area contributed by atoms with Crippen LogP contribution in [0.25, 0.3) is 0 Å². The van der Waals surface area contributed by atoms with Crippen molar-refractivity contribution >= 4 is 11.8 Å². The average Bonchev–Trinajstić information content (AvgIpc) is 2.20. The first kappa shape index (κ1) is 12.0. The summed E-state index contributed by atoms with van der Waals surface area (Å²) in [6, 6.07) is 0. The minimum absolute atomic E-state index is 0.241. The molecule has 15 heavy (non-hydrogen) atoms. The van der Waals surface area contributed by atoms with E-state index in [2.05, 4.69) is 24.0 Å². The monoisotopic (exact) mass is 228 g/mol. The Morgan fingerprint density at radius 2 is 2.13 bits per heavy atom. The van der Waals surface area contributed by atoms with Gasteiger partial charge in [0.1, 0.15) is 5.69 Å². The standard InChI is InChI=1S/C9H16N4OS/c1-6(2)4-5-7-8(14)13(10)9(15-3)12-11-7/h6H,4-5,10H2,1-3H3. The van der Waals surface area contributed by atoms with Gasteiger partial charge in [-0.15, -0.1) is 10.2 Å². The van der Waals surface area contributed by atoms with E-state index in [1.807, 2.05) is 0 Å². The first-order valence-electron chi connectivity index (χ1n) is 4.84. The number of aromatic nitrogens is 3. The van der Waals surface area contributed by atoms with E-state index in [-0.39, 0.29) is 5.56 Å². The zero-order chi connectivity index (χ0) is 11.4. The van der Waals surface area contributed by atoms with Gasteiger partial charge >= 0.3 is 0 Å². The molecule has 0 spiro atoms. The Hall–Kier alpha value is -1.04. The van der Waals surface area contributed by atoms with Crippen LogP contribution in [0.2, 0.25) is 0 Å². The average molecular weight is 228 g/mol. The summed E-state index contributed by atoms with van der Waals surface area (Å²) in [4.78, 5) is 11.7. The number of hydrogen-bond acceptors (Lipinski definition) is 5. The zero-order valence-electron chi connectivity index (χ0n) is 9.23. The Bertz CT molecular complexity index is 388. The second-order valence-corrected chi connectivity index (χ2v) is 4.51. The number of nitrogen functional groups attached to an aromatic ring is 1. The van der Waals surface area contributed by atoms with Crippen molar-refractivity contribution in [1.29, 1.82) is 0 Å². The highest BCUT2D eigenvalue weighted by Crippen LogP contribution is 2.07. The SMILES string of the molecule is CSc1nnc(CCC(C)C)c(=O)n1N. The van der Waals surface area contributed by atoms with Crippen molar-refractivity contribution in [3.63, 3.8) is 0 Å². The number of nitrogens with zero attached hydrogens (tertiary/aromatic N) is 3. The van der Waals surface area contributed by atoms with Crippen LogP contribution >= 0.6 is 11.8 Å². The summed E-state index contributed by atoms with van der Waals surface area (Å²) in [5, 5.41) is 8.22. The summed E-state index contributed by atoms with van der Waals surface area (Å²) in [7, 11) is 0. The summed E-state index contributed by atoms with van der Waals surface area (Å²) >= 11 is 1.31. The second kappa shape index (κ2) is 5.16. The number of hydrogen-bond donors (Lipinski definition) is 1. The summed E-state index contributed by atoms with van der Waals surface area (Å²) < 4.78 is 1.06. The lowest BCUT2D eigenvalue weighted by Gasteiger charge is -2.06. The molecule has 2 N–H and O–H groups in total. The van der Waals surface area contributed by atoms with Crippen molar-refractivity contribution in [2.45, 2.75) is 31.8 Å². The Morgan fingerprint density at radius 1 is 1.47 bits per heavy atom. The summed E-state index contributed by atoms with van der Waals surface area (Å²) in [6.45, 7) is 4.20. The fourth-order valence-electron chi connectivity index (χ4n) is 1.14. The van der Waals surface area contributed by atoms with E-state index in [4.69, 9.17) is 5.84 Å². The van der Waals surface area contributed by atoms with Gasteiger partial charge in [-0.3, -0.25) is 4.79 Å². The number of thioether (sulfide) groups is 1. The summed E-state index contributed by atoms with van der Waals surface area (Å²) in [5.41, 5.74) is 0.207. The molecule has 0 aliphatic carbocycles. The van der Waals surface area contributed by atoms with Crippen molar-refractivity contribution in [3.05, 3.63) is 16.0 Å². The van der Waals surface area contributed by atoms with Crippen LogP contribution in [0, 0.1) is 5.92 Å². The number of rotatable bonds is 4. The molecule has 0 saturated carbocycles. The largest absolute Gasteiger partial charge is 0.334 e. The van der Waals surface area contributed by atoms with Crippen LogP contribution in [-0.4, -0.2) is 21.1 Å². The Kier molecular flexibility index (Phi) is 4.14. The molecule has 0 aromatic carbocycles. The minimum atomic E-state index is -0.241. The molecule has 1 heterocycles. The van der Waals surface area contributed by atoms with Gasteiger partial charge < -0.3 is 5.84 Å². The Labute approximate surface area is 93.1 Å². The lowest BCUT2D eigenvalue weighted by molar-refractivity contribution is 0.562. The first-order valence-corrected chi connectivity index (χ1v) is 6.06. The van der Waals surface area contributed by atoms with Gasteiger partial charge in [-0.25, -0.2) is 0 Å². The fraction of sp³-hybridized carbons (Fsp3) is 0.667. The van der Waals surface area contributed by atoms with Gasteiger partial charge in [0, 0.05) is 0 Å². The topological polar surface area (TPSA) is 73.8 Å². The second-order valence-electron chi connectivity index (χ2n) is 3.74.